The quantitative estimate of drug-likeness (QED) is 0.936. The summed E-state index contributed by atoms with van der Waals surface area (Å²) in [6.07, 6.45) is 2.12. The van der Waals surface area contributed by atoms with Crippen LogP contribution in [-0.2, 0) is 11.2 Å². The molecular weight excluding hydrogens is 274 g/mol. The second-order valence-electron chi connectivity index (χ2n) is 5.78. The maximum absolute atomic E-state index is 12.2. The molecule has 1 amide bonds. The molecule has 1 unspecified atom stereocenters. The summed E-state index contributed by atoms with van der Waals surface area (Å²) in [6, 6.07) is 16.3. The van der Waals surface area contributed by atoms with Gasteiger partial charge in [-0.2, -0.15) is 0 Å². The molecule has 0 fully saturated rings. The molecular formula is C19H21NO2. The lowest BCUT2D eigenvalue weighted by Crippen LogP contribution is -2.32. The van der Waals surface area contributed by atoms with Gasteiger partial charge in [0.05, 0.1) is 12.6 Å². The van der Waals surface area contributed by atoms with Crippen molar-refractivity contribution in [2.24, 2.45) is 0 Å². The number of hydrogen-bond donors (Lipinski definition) is 1. The minimum absolute atomic E-state index is 0.0620. The molecule has 1 aliphatic rings. The predicted octanol–water partition coefficient (Wildman–Crippen LogP) is 3.57. The molecule has 0 aliphatic carbocycles. The molecule has 2 aromatic rings. The zero-order valence-corrected chi connectivity index (χ0v) is 12.8. The molecule has 22 heavy (non-hydrogen) atoms. The average Bonchev–Trinajstić information content (AvgIpc) is 2.54. The number of fused-ring (bicyclic) bond motifs is 1. The lowest BCUT2D eigenvalue weighted by molar-refractivity contribution is -0.122. The van der Waals surface area contributed by atoms with E-state index >= 15 is 0 Å². The van der Waals surface area contributed by atoms with Crippen LogP contribution in [0.25, 0.3) is 0 Å². The lowest BCUT2D eigenvalue weighted by Gasteiger charge is -2.27. The van der Waals surface area contributed by atoms with Crippen molar-refractivity contribution in [1.29, 1.82) is 0 Å². The van der Waals surface area contributed by atoms with Crippen LogP contribution in [-0.4, -0.2) is 12.5 Å². The molecule has 0 bridgehead atoms. The van der Waals surface area contributed by atoms with Gasteiger partial charge in [0.15, 0.2) is 0 Å². The van der Waals surface area contributed by atoms with E-state index in [1.54, 1.807) is 0 Å². The standard InChI is InChI=1S/C19H21NO2/c1-14-7-9-18-16(13-14)17(11-12-22-18)20-19(21)10-8-15-5-3-2-4-6-15/h2-7,9,13,17H,8,10-12H2,1H3,(H,20,21). The summed E-state index contributed by atoms with van der Waals surface area (Å²) < 4.78 is 5.67. The molecule has 1 atom stereocenters. The molecule has 0 radical (unpaired) electrons. The Kier molecular flexibility index (Phi) is 4.42. The van der Waals surface area contributed by atoms with E-state index in [1.807, 2.05) is 30.3 Å². The number of rotatable bonds is 4. The van der Waals surface area contributed by atoms with Crippen molar-refractivity contribution in [3.8, 4) is 5.75 Å². The Labute approximate surface area is 131 Å². The maximum Gasteiger partial charge on any atom is 0.220 e. The zero-order chi connectivity index (χ0) is 15.4. The van der Waals surface area contributed by atoms with E-state index in [9.17, 15) is 4.79 Å². The lowest BCUT2D eigenvalue weighted by atomic mass is 9.98. The molecule has 0 spiro atoms. The van der Waals surface area contributed by atoms with Crippen LogP contribution >= 0.6 is 0 Å². The van der Waals surface area contributed by atoms with Crippen molar-refractivity contribution in [3.05, 3.63) is 65.2 Å². The first-order valence-corrected chi connectivity index (χ1v) is 7.79. The maximum atomic E-state index is 12.2. The van der Waals surface area contributed by atoms with Crippen molar-refractivity contribution < 1.29 is 9.53 Å². The minimum atomic E-state index is 0.0620. The monoisotopic (exact) mass is 295 g/mol. The van der Waals surface area contributed by atoms with Gasteiger partial charge in [-0.25, -0.2) is 0 Å². The van der Waals surface area contributed by atoms with Crippen molar-refractivity contribution in [1.82, 2.24) is 5.32 Å². The van der Waals surface area contributed by atoms with Crippen molar-refractivity contribution >= 4 is 5.91 Å². The fourth-order valence-electron chi connectivity index (χ4n) is 2.83. The van der Waals surface area contributed by atoms with Crippen LogP contribution in [0.5, 0.6) is 5.75 Å². The summed E-state index contributed by atoms with van der Waals surface area (Å²) in [6.45, 7) is 2.71. The van der Waals surface area contributed by atoms with Crippen molar-refractivity contribution in [2.75, 3.05) is 6.61 Å². The van der Waals surface area contributed by atoms with Gasteiger partial charge < -0.3 is 10.1 Å². The number of nitrogens with one attached hydrogen (secondary N) is 1. The Bertz CT molecular complexity index is 652. The fourth-order valence-corrected chi connectivity index (χ4v) is 2.83. The Morgan fingerprint density at radius 1 is 1.23 bits per heavy atom. The molecule has 0 saturated heterocycles. The molecule has 1 aliphatic heterocycles. The van der Waals surface area contributed by atoms with E-state index < -0.39 is 0 Å². The molecule has 2 aromatic carbocycles. The summed E-state index contributed by atoms with van der Waals surface area (Å²) in [5.74, 6) is 0.994. The van der Waals surface area contributed by atoms with Crippen LogP contribution in [0.1, 0.15) is 35.6 Å². The predicted molar refractivity (Wildman–Crippen MR) is 86.9 cm³/mol. The number of amides is 1. The number of carbonyl (C=O) groups excluding carboxylic acids is 1. The Hall–Kier alpha value is -2.29. The van der Waals surface area contributed by atoms with Crippen LogP contribution < -0.4 is 10.1 Å². The van der Waals surface area contributed by atoms with Gasteiger partial charge >= 0.3 is 0 Å². The average molecular weight is 295 g/mol. The number of carbonyl (C=O) groups is 1. The SMILES string of the molecule is Cc1ccc2c(c1)C(NC(=O)CCc1ccccc1)CCO2. The van der Waals surface area contributed by atoms with Gasteiger partial charge in [-0.05, 0) is 25.0 Å². The zero-order valence-electron chi connectivity index (χ0n) is 12.8. The molecule has 0 aromatic heterocycles. The van der Waals surface area contributed by atoms with E-state index in [1.165, 1.54) is 11.1 Å². The van der Waals surface area contributed by atoms with Crippen molar-refractivity contribution in [3.63, 3.8) is 0 Å². The van der Waals surface area contributed by atoms with Gasteiger partial charge in [0, 0.05) is 18.4 Å². The van der Waals surface area contributed by atoms with Gasteiger partial charge in [-0.3, -0.25) is 4.79 Å². The second-order valence-corrected chi connectivity index (χ2v) is 5.78. The van der Waals surface area contributed by atoms with E-state index in [2.05, 4.69) is 30.4 Å². The number of benzene rings is 2. The van der Waals surface area contributed by atoms with Crippen LogP contribution in [0.15, 0.2) is 48.5 Å². The van der Waals surface area contributed by atoms with E-state index in [0.29, 0.717) is 13.0 Å². The fraction of sp³-hybridized carbons (Fsp3) is 0.316. The number of aryl methyl sites for hydroxylation is 2. The summed E-state index contributed by atoms with van der Waals surface area (Å²) in [4.78, 5) is 12.2. The summed E-state index contributed by atoms with van der Waals surface area (Å²) >= 11 is 0. The van der Waals surface area contributed by atoms with Gasteiger partial charge in [0.2, 0.25) is 5.91 Å². The second kappa shape index (κ2) is 6.65. The van der Waals surface area contributed by atoms with E-state index in [4.69, 9.17) is 4.74 Å². The molecule has 3 heteroatoms. The van der Waals surface area contributed by atoms with Gasteiger partial charge in [0.1, 0.15) is 5.75 Å². The Morgan fingerprint density at radius 2 is 2.05 bits per heavy atom. The van der Waals surface area contributed by atoms with Crippen LogP contribution in [0.2, 0.25) is 0 Å². The Balaban J connectivity index is 1.62. The van der Waals surface area contributed by atoms with Crippen LogP contribution in [0.4, 0.5) is 0 Å². The minimum Gasteiger partial charge on any atom is -0.493 e. The molecule has 0 saturated carbocycles. The summed E-state index contributed by atoms with van der Waals surface area (Å²) in [5, 5.41) is 3.15. The summed E-state index contributed by atoms with van der Waals surface area (Å²) in [5.41, 5.74) is 3.48. The topological polar surface area (TPSA) is 38.3 Å². The van der Waals surface area contributed by atoms with E-state index in [-0.39, 0.29) is 11.9 Å². The van der Waals surface area contributed by atoms with Crippen molar-refractivity contribution in [2.45, 2.75) is 32.2 Å². The largest absolute Gasteiger partial charge is 0.493 e. The smallest absolute Gasteiger partial charge is 0.220 e. The highest BCUT2D eigenvalue weighted by molar-refractivity contribution is 5.77. The third kappa shape index (κ3) is 3.48. The van der Waals surface area contributed by atoms with Gasteiger partial charge in [-0.1, -0.05) is 48.0 Å². The van der Waals surface area contributed by atoms with Gasteiger partial charge in [0.25, 0.3) is 0 Å². The molecule has 1 heterocycles. The highest BCUT2D eigenvalue weighted by atomic mass is 16.5. The summed E-state index contributed by atoms with van der Waals surface area (Å²) in [7, 11) is 0. The molecule has 3 nitrogen and oxygen atoms in total. The van der Waals surface area contributed by atoms with Crippen LogP contribution in [0, 0.1) is 6.92 Å². The molecule has 1 N–H and O–H groups in total. The van der Waals surface area contributed by atoms with E-state index in [0.717, 1.165) is 24.2 Å². The molecule has 114 valence electrons. The van der Waals surface area contributed by atoms with Crippen LogP contribution in [0.3, 0.4) is 0 Å². The Morgan fingerprint density at radius 3 is 2.86 bits per heavy atom. The number of hydrogen-bond acceptors (Lipinski definition) is 2. The number of ether oxygens (including phenoxy) is 1. The van der Waals surface area contributed by atoms with Gasteiger partial charge in [-0.15, -0.1) is 0 Å². The molecule has 3 rings (SSSR count). The normalized spacial score (nSPS) is 16.5. The highest BCUT2D eigenvalue weighted by Gasteiger charge is 2.22. The highest BCUT2D eigenvalue weighted by Crippen LogP contribution is 2.32. The third-order valence-electron chi connectivity index (χ3n) is 4.02. The first kappa shape index (κ1) is 14.6. The third-order valence-corrected chi connectivity index (χ3v) is 4.02. The first-order valence-electron chi connectivity index (χ1n) is 7.79. The first-order chi connectivity index (χ1) is 10.7.